The fourth-order valence-corrected chi connectivity index (χ4v) is 1.07. The molecule has 0 atom stereocenters. The van der Waals surface area contributed by atoms with Crippen LogP contribution in [-0.4, -0.2) is 7.28 Å². The highest BCUT2D eigenvalue weighted by atomic mass is 13.9. The van der Waals surface area contributed by atoms with Crippen LogP contribution in [0.25, 0.3) is 0 Å². The zero-order valence-electron chi connectivity index (χ0n) is 7.80. The third kappa shape index (κ3) is 2.57. The zero-order chi connectivity index (χ0) is 8.97. The van der Waals surface area contributed by atoms with Crippen LogP contribution in [0.2, 0.25) is 6.82 Å². The summed E-state index contributed by atoms with van der Waals surface area (Å²) in [5, 5.41) is 0. The molecule has 1 heteroatoms. The van der Waals surface area contributed by atoms with Crippen molar-refractivity contribution in [1.29, 1.82) is 0 Å². The molecule has 0 heterocycles. The van der Waals surface area contributed by atoms with E-state index in [9.17, 15) is 0 Å². The first-order valence-corrected chi connectivity index (χ1v) is 4.25. The Kier molecular flexibility index (Phi) is 3.15. The Hall–Kier alpha value is -0.975. The molecule has 1 aromatic carbocycles. The van der Waals surface area contributed by atoms with Crippen LogP contribution in [0.15, 0.2) is 36.3 Å². The van der Waals surface area contributed by atoms with E-state index in [1.54, 1.807) is 0 Å². The zero-order valence-corrected chi connectivity index (χ0v) is 7.80. The maximum Gasteiger partial charge on any atom is 0.142 e. The maximum absolute atomic E-state index is 3.94. The number of hydrogen-bond donors (Lipinski definition) is 0. The molecule has 0 aromatic heterocycles. The topological polar surface area (TPSA) is 0 Å². The lowest BCUT2D eigenvalue weighted by Gasteiger charge is -2.02. The van der Waals surface area contributed by atoms with Crippen LogP contribution in [0.3, 0.4) is 0 Å². The summed E-state index contributed by atoms with van der Waals surface area (Å²) in [7, 11) is 2.06. The molecular weight excluding hydrogens is 143 g/mol. The van der Waals surface area contributed by atoms with Gasteiger partial charge < -0.3 is 0 Å². The van der Waals surface area contributed by atoms with Crippen molar-refractivity contribution in [3.05, 3.63) is 47.4 Å². The first kappa shape index (κ1) is 9.12. The van der Waals surface area contributed by atoms with Crippen molar-refractivity contribution in [2.75, 3.05) is 0 Å². The quantitative estimate of drug-likeness (QED) is 0.591. The van der Waals surface area contributed by atoms with Crippen molar-refractivity contribution >= 4 is 7.28 Å². The van der Waals surface area contributed by atoms with Crippen molar-refractivity contribution < 1.29 is 0 Å². The molecule has 12 heavy (non-hydrogen) atoms. The maximum atomic E-state index is 3.94. The lowest BCUT2D eigenvalue weighted by atomic mass is 9.71. The van der Waals surface area contributed by atoms with Crippen LogP contribution in [0, 0.1) is 6.92 Å². The van der Waals surface area contributed by atoms with Crippen LogP contribution in [0.1, 0.15) is 11.1 Å². The summed E-state index contributed by atoms with van der Waals surface area (Å²) in [5.41, 5.74) is 3.83. The molecule has 0 saturated heterocycles. The monoisotopic (exact) mass is 157 g/mol. The Morgan fingerprint density at radius 2 is 1.92 bits per heavy atom. The van der Waals surface area contributed by atoms with Gasteiger partial charge >= 0.3 is 0 Å². The molecule has 0 amide bonds. The summed E-state index contributed by atoms with van der Waals surface area (Å²) < 4.78 is 0. The molecule has 1 radical (unpaired) electrons. The molecule has 0 bridgehead atoms. The van der Waals surface area contributed by atoms with Gasteiger partial charge in [-0.1, -0.05) is 36.7 Å². The van der Waals surface area contributed by atoms with Crippen LogP contribution in [0.5, 0.6) is 0 Å². The highest BCUT2D eigenvalue weighted by Gasteiger charge is 1.94. The van der Waals surface area contributed by atoms with Gasteiger partial charge in [0.25, 0.3) is 0 Å². The lowest BCUT2D eigenvalue weighted by molar-refractivity contribution is 1.23. The van der Waals surface area contributed by atoms with E-state index in [1.807, 2.05) is 6.82 Å². The summed E-state index contributed by atoms with van der Waals surface area (Å²) in [4.78, 5) is 0. The van der Waals surface area contributed by atoms with Gasteiger partial charge in [0.2, 0.25) is 0 Å². The van der Waals surface area contributed by atoms with Gasteiger partial charge in [-0.3, -0.25) is 0 Å². The van der Waals surface area contributed by atoms with Crippen molar-refractivity contribution in [3.63, 3.8) is 0 Å². The Morgan fingerprint density at radius 1 is 1.33 bits per heavy atom. The van der Waals surface area contributed by atoms with Gasteiger partial charge in [0.05, 0.1) is 0 Å². The SMILES string of the molecule is C=C([B]C)Cc1ccc(C)cc1. The predicted molar refractivity (Wildman–Crippen MR) is 55.6 cm³/mol. The number of rotatable bonds is 3. The molecule has 0 saturated carbocycles. The second-order valence-electron chi connectivity index (χ2n) is 3.11. The van der Waals surface area contributed by atoms with E-state index in [2.05, 4.69) is 45.0 Å². The smallest absolute Gasteiger partial charge is 0.112 e. The molecule has 0 nitrogen and oxygen atoms in total. The summed E-state index contributed by atoms with van der Waals surface area (Å²) in [6.07, 6.45) is 0.969. The van der Waals surface area contributed by atoms with Crippen LogP contribution < -0.4 is 0 Å². The summed E-state index contributed by atoms with van der Waals surface area (Å²) in [6.45, 7) is 8.06. The van der Waals surface area contributed by atoms with Gasteiger partial charge in [-0.25, -0.2) is 0 Å². The first-order valence-electron chi connectivity index (χ1n) is 4.25. The normalized spacial score (nSPS) is 9.50. The Morgan fingerprint density at radius 3 is 2.42 bits per heavy atom. The molecule has 0 fully saturated rings. The summed E-state index contributed by atoms with van der Waals surface area (Å²) >= 11 is 0. The van der Waals surface area contributed by atoms with E-state index < -0.39 is 0 Å². The van der Waals surface area contributed by atoms with E-state index in [1.165, 1.54) is 16.6 Å². The molecular formula is C11H14B. The van der Waals surface area contributed by atoms with Gasteiger partial charge in [-0.05, 0) is 18.9 Å². The van der Waals surface area contributed by atoms with Gasteiger partial charge in [0.15, 0.2) is 0 Å². The highest BCUT2D eigenvalue weighted by Crippen LogP contribution is 2.07. The fourth-order valence-electron chi connectivity index (χ4n) is 1.07. The molecule has 1 rings (SSSR count). The molecule has 1 aromatic rings. The highest BCUT2D eigenvalue weighted by molar-refractivity contribution is 6.43. The number of aryl methyl sites for hydroxylation is 1. The van der Waals surface area contributed by atoms with E-state index in [0.717, 1.165) is 6.42 Å². The second-order valence-corrected chi connectivity index (χ2v) is 3.11. The molecule has 61 valence electrons. The van der Waals surface area contributed by atoms with E-state index in [4.69, 9.17) is 0 Å². The molecule has 0 aliphatic rings. The standard InChI is InChI=1S/C11H14B/c1-9-4-6-11(7-5-9)8-10(2)12-3/h4-7H,2,8H2,1,3H3. The largest absolute Gasteiger partial charge is 0.142 e. The van der Waals surface area contributed by atoms with Crippen molar-refractivity contribution in [1.82, 2.24) is 0 Å². The van der Waals surface area contributed by atoms with Crippen molar-refractivity contribution in [2.24, 2.45) is 0 Å². The second kappa shape index (κ2) is 4.15. The van der Waals surface area contributed by atoms with Gasteiger partial charge in [-0.2, -0.15) is 0 Å². The van der Waals surface area contributed by atoms with E-state index in [0.29, 0.717) is 0 Å². The Bertz CT molecular complexity index is 259. The van der Waals surface area contributed by atoms with Crippen molar-refractivity contribution in [3.8, 4) is 0 Å². The van der Waals surface area contributed by atoms with Gasteiger partial charge in [0, 0.05) is 0 Å². The van der Waals surface area contributed by atoms with Gasteiger partial charge in [-0.15, -0.1) is 12.1 Å². The fraction of sp³-hybridized carbons (Fsp3) is 0.273. The minimum Gasteiger partial charge on any atom is -0.112 e. The summed E-state index contributed by atoms with van der Waals surface area (Å²) in [6, 6.07) is 8.59. The molecule has 0 aliphatic heterocycles. The summed E-state index contributed by atoms with van der Waals surface area (Å²) in [5.74, 6) is 0. The number of benzene rings is 1. The molecule has 0 spiro atoms. The average Bonchev–Trinajstić information content (AvgIpc) is 2.09. The van der Waals surface area contributed by atoms with Crippen LogP contribution in [0.4, 0.5) is 0 Å². The minimum atomic E-state index is 0.969. The number of hydrogen-bond acceptors (Lipinski definition) is 0. The minimum absolute atomic E-state index is 0.969. The van der Waals surface area contributed by atoms with E-state index >= 15 is 0 Å². The predicted octanol–water partition coefficient (Wildman–Crippen LogP) is 2.80. The third-order valence-electron chi connectivity index (χ3n) is 1.96. The lowest BCUT2D eigenvalue weighted by Crippen LogP contribution is -1.94. The molecule has 0 aliphatic carbocycles. The Labute approximate surface area is 75.6 Å². The van der Waals surface area contributed by atoms with E-state index in [-0.39, 0.29) is 0 Å². The van der Waals surface area contributed by atoms with Crippen LogP contribution >= 0.6 is 0 Å². The number of allylic oxidation sites excluding steroid dienone is 1. The first-order chi connectivity index (χ1) is 5.72. The Balaban J connectivity index is 2.64. The van der Waals surface area contributed by atoms with Crippen molar-refractivity contribution in [2.45, 2.75) is 20.2 Å². The van der Waals surface area contributed by atoms with Crippen LogP contribution in [-0.2, 0) is 6.42 Å². The molecule has 0 unspecified atom stereocenters. The molecule has 0 N–H and O–H groups in total. The average molecular weight is 157 g/mol. The van der Waals surface area contributed by atoms with Gasteiger partial charge in [0.1, 0.15) is 7.28 Å². The third-order valence-corrected chi connectivity index (χ3v) is 1.96.